The maximum atomic E-state index is 12.6. The maximum Gasteiger partial charge on any atom is 0.338 e. The van der Waals surface area contributed by atoms with E-state index in [0.29, 0.717) is 22.0 Å². The fourth-order valence-electron chi connectivity index (χ4n) is 2.82. The van der Waals surface area contributed by atoms with Crippen LogP contribution in [0, 0.1) is 0 Å². The number of hydrogen-bond acceptors (Lipinski definition) is 6. The Balaban J connectivity index is 1.57. The van der Waals surface area contributed by atoms with Gasteiger partial charge in [-0.05, 0) is 23.8 Å². The molecule has 0 spiro atoms. The second-order valence-electron chi connectivity index (χ2n) is 6.00. The number of carbonyl (C=O) groups excluding carboxylic acids is 1. The molecule has 0 bridgehead atoms. The number of methoxy groups -OCH3 is 1. The lowest BCUT2D eigenvalue weighted by atomic mass is 10.2. The van der Waals surface area contributed by atoms with Gasteiger partial charge in [-0.1, -0.05) is 36.4 Å². The van der Waals surface area contributed by atoms with Gasteiger partial charge in [-0.3, -0.25) is 9.20 Å². The van der Waals surface area contributed by atoms with Crippen molar-refractivity contribution in [1.29, 1.82) is 0 Å². The largest absolute Gasteiger partial charge is 0.497 e. The van der Waals surface area contributed by atoms with Gasteiger partial charge in [0, 0.05) is 11.4 Å². The Morgan fingerprint density at radius 3 is 2.71 bits per heavy atom. The van der Waals surface area contributed by atoms with Gasteiger partial charge in [-0.25, -0.2) is 9.78 Å². The molecule has 0 aliphatic carbocycles. The van der Waals surface area contributed by atoms with Gasteiger partial charge < -0.3 is 9.47 Å². The van der Waals surface area contributed by atoms with Crippen molar-refractivity contribution < 1.29 is 14.3 Å². The van der Waals surface area contributed by atoms with E-state index < -0.39 is 5.97 Å². The van der Waals surface area contributed by atoms with E-state index in [-0.39, 0.29) is 12.2 Å². The monoisotopic (exact) mass is 392 g/mol. The molecule has 0 aliphatic heterocycles. The first-order valence-electron chi connectivity index (χ1n) is 8.52. The molecule has 0 atom stereocenters. The third-order valence-electron chi connectivity index (χ3n) is 4.18. The minimum absolute atomic E-state index is 0.0830. The van der Waals surface area contributed by atoms with Crippen LogP contribution in [-0.4, -0.2) is 22.5 Å². The van der Waals surface area contributed by atoms with E-state index in [4.69, 9.17) is 9.47 Å². The van der Waals surface area contributed by atoms with Crippen molar-refractivity contribution in [3.63, 3.8) is 0 Å². The molecule has 0 radical (unpaired) electrons. The van der Waals surface area contributed by atoms with Crippen molar-refractivity contribution in [2.24, 2.45) is 0 Å². The minimum Gasteiger partial charge on any atom is -0.497 e. The number of nitrogens with zero attached hydrogens (tertiary/aromatic N) is 2. The zero-order chi connectivity index (χ0) is 19.5. The fourth-order valence-corrected chi connectivity index (χ4v) is 3.74. The molecule has 28 heavy (non-hydrogen) atoms. The lowest BCUT2D eigenvalue weighted by Crippen LogP contribution is -2.16. The molecule has 0 amide bonds. The second kappa shape index (κ2) is 7.66. The average molecular weight is 392 g/mol. The quantitative estimate of drug-likeness (QED) is 0.483. The number of carbonyl (C=O) groups is 1. The fraction of sp³-hybridized carbons (Fsp3) is 0.0952. The molecule has 0 N–H and O–H groups in total. The van der Waals surface area contributed by atoms with E-state index in [0.717, 1.165) is 11.3 Å². The third kappa shape index (κ3) is 3.52. The first-order chi connectivity index (χ1) is 13.7. The van der Waals surface area contributed by atoms with Gasteiger partial charge in [0.15, 0.2) is 4.96 Å². The van der Waals surface area contributed by atoms with Crippen molar-refractivity contribution in [3.8, 4) is 17.0 Å². The molecule has 0 aliphatic rings. The van der Waals surface area contributed by atoms with Crippen molar-refractivity contribution in [3.05, 3.63) is 87.7 Å². The highest BCUT2D eigenvalue weighted by molar-refractivity contribution is 7.15. The molecule has 0 fully saturated rings. The molecule has 140 valence electrons. The summed E-state index contributed by atoms with van der Waals surface area (Å²) < 4.78 is 12.0. The number of thiazole rings is 1. The standard InChI is InChI=1S/C21H16N2O4S/c1-26-17-9-5-8-15(10-17)20(25)27-12-16-11-19(24)23-18(13-28-21(23)22-16)14-6-3-2-4-7-14/h2-11,13H,12H2,1H3. The lowest BCUT2D eigenvalue weighted by Gasteiger charge is -2.06. The Hall–Kier alpha value is -3.45. The van der Waals surface area contributed by atoms with Crippen LogP contribution in [0.4, 0.5) is 0 Å². The molecule has 4 rings (SSSR count). The number of esters is 1. The van der Waals surface area contributed by atoms with Crippen LogP contribution in [0.15, 0.2) is 70.8 Å². The summed E-state index contributed by atoms with van der Waals surface area (Å²) in [7, 11) is 1.53. The van der Waals surface area contributed by atoms with Crippen LogP contribution in [0.5, 0.6) is 5.75 Å². The van der Waals surface area contributed by atoms with E-state index in [9.17, 15) is 9.59 Å². The third-order valence-corrected chi connectivity index (χ3v) is 5.01. The molecule has 2 aromatic heterocycles. The first kappa shape index (κ1) is 17.9. The summed E-state index contributed by atoms with van der Waals surface area (Å²) >= 11 is 1.37. The highest BCUT2D eigenvalue weighted by Crippen LogP contribution is 2.23. The van der Waals surface area contributed by atoms with Crippen LogP contribution in [-0.2, 0) is 11.3 Å². The first-order valence-corrected chi connectivity index (χ1v) is 9.40. The van der Waals surface area contributed by atoms with E-state index >= 15 is 0 Å². The van der Waals surface area contributed by atoms with Crippen molar-refractivity contribution in [2.75, 3.05) is 7.11 Å². The van der Waals surface area contributed by atoms with Crippen LogP contribution < -0.4 is 10.3 Å². The Morgan fingerprint density at radius 2 is 1.93 bits per heavy atom. The molecule has 2 aromatic carbocycles. The number of aromatic nitrogens is 2. The van der Waals surface area contributed by atoms with Crippen LogP contribution in [0.1, 0.15) is 16.1 Å². The molecule has 2 heterocycles. The molecule has 0 unspecified atom stereocenters. The van der Waals surface area contributed by atoms with Gasteiger partial charge in [0.2, 0.25) is 0 Å². The van der Waals surface area contributed by atoms with Gasteiger partial charge in [0.25, 0.3) is 5.56 Å². The van der Waals surface area contributed by atoms with Gasteiger partial charge in [-0.15, -0.1) is 11.3 Å². The summed E-state index contributed by atoms with van der Waals surface area (Å²) in [6.07, 6.45) is 0. The van der Waals surface area contributed by atoms with E-state index in [1.54, 1.807) is 28.7 Å². The molecule has 6 nitrogen and oxygen atoms in total. The predicted octanol–water partition coefficient (Wildman–Crippen LogP) is 3.79. The van der Waals surface area contributed by atoms with E-state index in [1.807, 2.05) is 35.7 Å². The highest BCUT2D eigenvalue weighted by atomic mass is 32.1. The Labute approximate surface area is 164 Å². The smallest absolute Gasteiger partial charge is 0.338 e. The number of rotatable bonds is 5. The summed E-state index contributed by atoms with van der Waals surface area (Å²) in [6.45, 7) is -0.0830. The highest BCUT2D eigenvalue weighted by Gasteiger charge is 2.13. The number of benzene rings is 2. The number of ether oxygens (including phenoxy) is 2. The van der Waals surface area contributed by atoms with Crippen molar-refractivity contribution in [2.45, 2.75) is 6.61 Å². The number of fused-ring (bicyclic) bond motifs is 1. The van der Waals surface area contributed by atoms with Crippen LogP contribution in [0.2, 0.25) is 0 Å². The second-order valence-corrected chi connectivity index (χ2v) is 6.84. The summed E-state index contributed by atoms with van der Waals surface area (Å²) in [4.78, 5) is 29.9. The lowest BCUT2D eigenvalue weighted by molar-refractivity contribution is 0.0467. The summed E-state index contributed by atoms with van der Waals surface area (Å²) in [5.41, 5.74) is 2.30. The molecular formula is C21H16N2O4S. The topological polar surface area (TPSA) is 69.9 Å². The zero-order valence-electron chi connectivity index (χ0n) is 15.0. The molecule has 0 saturated carbocycles. The normalized spacial score (nSPS) is 10.8. The molecule has 0 saturated heterocycles. The Kier molecular flexibility index (Phi) is 4.90. The van der Waals surface area contributed by atoms with E-state index in [2.05, 4.69) is 4.98 Å². The average Bonchev–Trinajstić information content (AvgIpc) is 3.17. The molecule has 4 aromatic rings. The Morgan fingerprint density at radius 1 is 1.11 bits per heavy atom. The summed E-state index contributed by atoms with van der Waals surface area (Å²) in [5, 5.41) is 1.89. The van der Waals surface area contributed by atoms with Gasteiger partial charge in [0.1, 0.15) is 12.4 Å². The van der Waals surface area contributed by atoms with Crippen LogP contribution in [0.25, 0.3) is 16.2 Å². The Bertz CT molecular complexity index is 1200. The zero-order valence-corrected chi connectivity index (χ0v) is 15.8. The summed E-state index contributed by atoms with van der Waals surface area (Å²) in [5.74, 6) is 0.0660. The minimum atomic E-state index is -0.503. The molecule has 7 heteroatoms. The predicted molar refractivity (Wildman–Crippen MR) is 107 cm³/mol. The van der Waals surface area contributed by atoms with Gasteiger partial charge >= 0.3 is 5.97 Å². The van der Waals surface area contributed by atoms with Gasteiger partial charge in [0.05, 0.1) is 24.1 Å². The SMILES string of the molecule is COc1cccc(C(=O)OCc2cc(=O)n3c(-c4ccccc4)csc3n2)c1. The van der Waals surface area contributed by atoms with E-state index in [1.165, 1.54) is 24.5 Å². The maximum absolute atomic E-state index is 12.6. The van der Waals surface area contributed by atoms with Crippen molar-refractivity contribution >= 4 is 22.3 Å². The summed E-state index contributed by atoms with van der Waals surface area (Å²) in [6, 6.07) is 17.7. The van der Waals surface area contributed by atoms with Crippen LogP contribution in [0.3, 0.4) is 0 Å². The molecular weight excluding hydrogens is 376 g/mol. The van der Waals surface area contributed by atoms with Crippen molar-refractivity contribution in [1.82, 2.24) is 9.38 Å². The van der Waals surface area contributed by atoms with Gasteiger partial charge in [-0.2, -0.15) is 0 Å². The van der Waals surface area contributed by atoms with Crippen LogP contribution >= 0.6 is 11.3 Å². The number of hydrogen-bond donors (Lipinski definition) is 0.